The first kappa shape index (κ1) is 19.5. The van der Waals surface area contributed by atoms with Crippen LogP contribution in [0.15, 0.2) is 114 Å². The van der Waals surface area contributed by atoms with Crippen molar-refractivity contribution in [2.24, 2.45) is 0 Å². The summed E-state index contributed by atoms with van der Waals surface area (Å²) in [6.07, 6.45) is 3.44. The van der Waals surface area contributed by atoms with Crippen LogP contribution in [0.1, 0.15) is 22.5 Å². The molecule has 0 bridgehead atoms. The molecule has 0 atom stereocenters. The maximum atomic E-state index is 13.8. The van der Waals surface area contributed by atoms with Crippen molar-refractivity contribution in [1.82, 2.24) is 4.90 Å². The largest absolute Gasteiger partial charge is 0.465 e. The number of carbonyl (C=O) groups is 1. The van der Waals surface area contributed by atoms with E-state index >= 15 is 0 Å². The molecular formula is C27H23NO2. The third kappa shape index (κ3) is 4.95. The maximum absolute atomic E-state index is 13.8. The monoisotopic (exact) mass is 393 g/mol. The molecule has 0 aliphatic rings. The molecule has 0 spiro atoms. The van der Waals surface area contributed by atoms with Gasteiger partial charge in [-0.15, -0.1) is 0 Å². The van der Waals surface area contributed by atoms with Gasteiger partial charge in [0.05, 0.1) is 11.8 Å². The minimum absolute atomic E-state index is 0.0368. The van der Waals surface area contributed by atoms with Crippen molar-refractivity contribution in [1.29, 1.82) is 0 Å². The predicted molar refractivity (Wildman–Crippen MR) is 120 cm³/mol. The van der Waals surface area contributed by atoms with Crippen LogP contribution < -0.4 is 0 Å². The molecule has 3 heteroatoms. The molecular weight excluding hydrogens is 370 g/mol. The zero-order valence-corrected chi connectivity index (χ0v) is 16.6. The number of hydrogen-bond donors (Lipinski definition) is 0. The highest BCUT2D eigenvalue weighted by molar-refractivity contribution is 6.23. The molecule has 0 aliphatic carbocycles. The van der Waals surface area contributed by atoms with E-state index in [1.54, 1.807) is 6.26 Å². The van der Waals surface area contributed by atoms with Gasteiger partial charge < -0.3 is 9.32 Å². The summed E-state index contributed by atoms with van der Waals surface area (Å²) in [5.74, 6) is 0.617. The Hall–Kier alpha value is -3.85. The number of amides is 1. The molecule has 1 heterocycles. The standard InChI is InChI=1S/C27H23NO2/c29-27(26(19-25-17-10-18-30-25)24-15-8-3-9-16-24)28(20-22-11-4-1-5-12-22)21-23-13-6-2-7-14-23/h1-19H,20-21H2/b26-19-. The van der Waals surface area contributed by atoms with Gasteiger partial charge in [0.1, 0.15) is 5.76 Å². The summed E-state index contributed by atoms with van der Waals surface area (Å²) >= 11 is 0. The zero-order chi connectivity index (χ0) is 20.6. The molecule has 148 valence electrons. The lowest BCUT2D eigenvalue weighted by atomic mass is 10.0. The van der Waals surface area contributed by atoms with E-state index < -0.39 is 0 Å². The topological polar surface area (TPSA) is 33.5 Å². The van der Waals surface area contributed by atoms with Crippen molar-refractivity contribution >= 4 is 17.6 Å². The van der Waals surface area contributed by atoms with Gasteiger partial charge in [0.25, 0.3) is 5.91 Å². The average Bonchev–Trinajstić information content (AvgIpc) is 3.32. The van der Waals surface area contributed by atoms with Crippen molar-refractivity contribution in [2.45, 2.75) is 13.1 Å². The Morgan fingerprint density at radius 3 is 1.73 bits per heavy atom. The van der Waals surface area contributed by atoms with Gasteiger partial charge in [0, 0.05) is 13.1 Å². The highest BCUT2D eigenvalue weighted by Crippen LogP contribution is 2.23. The quantitative estimate of drug-likeness (QED) is 0.358. The number of rotatable bonds is 7. The van der Waals surface area contributed by atoms with Crippen LogP contribution in [-0.2, 0) is 17.9 Å². The number of carbonyl (C=O) groups excluding carboxylic acids is 1. The Morgan fingerprint density at radius 1 is 0.700 bits per heavy atom. The zero-order valence-electron chi connectivity index (χ0n) is 16.6. The molecule has 0 saturated heterocycles. The Kier molecular flexibility index (Phi) is 6.21. The third-order valence-electron chi connectivity index (χ3n) is 4.86. The van der Waals surface area contributed by atoms with E-state index in [0.29, 0.717) is 24.4 Å². The SMILES string of the molecule is O=C(/C(=C\c1ccco1)c1ccccc1)N(Cc1ccccc1)Cc1ccccc1. The third-order valence-corrected chi connectivity index (χ3v) is 4.86. The second-order valence-electron chi connectivity index (χ2n) is 7.07. The average molecular weight is 393 g/mol. The first-order chi connectivity index (χ1) is 14.8. The minimum atomic E-state index is -0.0368. The van der Waals surface area contributed by atoms with Gasteiger partial charge in [-0.25, -0.2) is 0 Å². The van der Waals surface area contributed by atoms with Crippen LogP contribution in [-0.4, -0.2) is 10.8 Å². The highest BCUT2D eigenvalue weighted by Gasteiger charge is 2.21. The van der Waals surface area contributed by atoms with Crippen LogP contribution in [0, 0.1) is 0 Å². The molecule has 3 aromatic carbocycles. The first-order valence-electron chi connectivity index (χ1n) is 9.97. The van der Waals surface area contributed by atoms with Crippen LogP contribution >= 0.6 is 0 Å². The molecule has 1 amide bonds. The van der Waals surface area contributed by atoms with E-state index in [-0.39, 0.29) is 5.91 Å². The maximum Gasteiger partial charge on any atom is 0.255 e. The van der Waals surface area contributed by atoms with E-state index in [9.17, 15) is 4.79 Å². The van der Waals surface area contributed by atoms with Crippen LogP contribution in [0.3, 0.4) is 0 Å². The number of hydrogen-bond acceptors (Lipinski definition) is 2. The minimum Gasteiger partial charge on any atom is -0.465 e. The summed E-state index contributed by atoms with van der Waals surface area (Å²) in [5.41, 5.74) is 3.65. The van der Waals surface area contributed by atoms with Crippen LogP contribution in [0.5, 0.6) is 0 Å². The molecule has 4 aromatic rings. The van der Waals surface area contributed by atoms with Crippen molar-refractivity contribution in [3.8, 4) is 0 Å². The fraction of sp³-hybridized carbons (Fsp3) is 0.0741. The lowest BCUT2D eigenvalue weighted by Crippen LogP contribution is -2.30. The van der Waals surface area contributed by atoms with Gasteiger partial charge >= 0.3 is 0 Å². The van der Waals surface area contributed by atoms with Crippen molar-refractivity contribution in [2.75, 3.05) is 0 Å². The van der Waals surface area contributed by atoms with E-state index in [1.165, 1.54) is 0 Å². The van der Waals surface area contributed by atoms with E-state index in [2.05, 4.69) is 0 Å². The van der Waals surface area contributed by atoms with Crippen LogP contribution in [0.4, 0.5) is 0 Å². The van der Waals surface area contributed by atoms with Gasteiger partial charge in [0.15, 0.2) is 0 Å². The molecule has 30 heavy (non-hydrogen) atoms. The molecule has 0 N–H and O–H groups in total. The number of benzene rings is 3. The lowest BCUT2D eigenvalue weighted by molar-refractivity contribution is -0.126. The van der Waals surface area contributed by atoms with Crippen LogP contribution in [0.25, 0.3) is 11.6 Å². The molecule has 1 aromatic heterocycles. The molecule has 4 rings (SSSR count). The Labute approximate surface area is 176 Å². The van der Waals surface area contributed by atoms with E-state index in [1.807, 2.05) is 114 Å². The molecule has 3 nitrogen and oxygen atoms in total. The summed E-state index contributed by atoms with van der Waals surface area (Å²) in [6, 6.07) is 33.6. The number of nitrogens with zero attached hydrogens (tertiary/aromatic N) is 1. The van der Waals surface area contributed by atoms with Gasteiger partial charge in [-0.3, -0.25) is 4.79 Å². The van der Waals surface area contributed by atoms with E-state index in [4.69, 9.17) is 4.42 Å². The van der Waals surface area contributed by atoms with Gasteiger partial charge in [-0.2, -0.15) is 0 Å². The fourth-order valence-electron chi connectivity index (χ4n) is 3.38. The Bertz CT molecular complexity index is 1040. The normalized spacial score (nSPS) is 11.3. The predicted octanol–water partition coefficient (Wildman–Crippen LogP) is 6.05. The number of furan rings is 1. The summed E-state index contributed by atoms with van der Waals surface area (Å²) in [7, 11) is 0. The molecule has 0 aliphatic heterocycles. The Morgan fingerprint density at radius 2 is 1.23 bits per heavy atom. The highest BCUT2D eigenvalue weighted by atomic mass is 16.3. The second-order valence-corrected chi connectivity index (χ2v) is 7.07. The smallest absolute Gasteiger partial charge is 0.255 e. The van der Waals surface area contributed by atoms with Gasteiger partial charge in [0.2, 0.25) is 0 Å². The fourth-order valence-corrected chi connectivity index (χ4v) is 3.38. The summed E-state index contributed by atoms with van der Waals surface area (Å²) < 4.78 is 5.50. The van der Waals surface area contributed by atoms with Crippen molar-refractivity contribution in [3.63, 3.8) is 0 Å². The summed E-state index contributed by atoms with van der Waals surface area (Å²) in [5, 5.41) is 0. The van der Waals surface area contributed by atoms with Gasteiger partial charge in [-0.1, -0.05) is 91.0 Å². The van der Waals surface area contributed by atoms with Crippen molar-refractivity contribution < 1.29 is 9.21 Å². The lowest BCUT2D eigenvalue weighted by Gasteiger charge is -2.24. The molecule has 0 radical (unpaired) electrons. The second kappa shape index (κ2) is 9.57. The first-order valence-corrected chi connectivity index (χ1v) is 9.97. The van der Waals surface area contributed by atoms with Crippen molar-refractivity contribution in [3.05, 3.63) is 132 Å². The molecule has 0 fully saturated rings. The molecule has 0 saturated carbocycles. The Balaban J connectivity index is 1.71. The van der Waals surface area contributed by atoms with Crippen LogP contribution in [0.2, 0.25) is 0 Å². The summed E-state index contributed by atoms with van der Waals surface area (Å²) in [6.45, 7) is 1.05. The van der Waals surface area contributed by atoms with E-state index in [0.717, 1.165) is 16.7 Å². The summed E-state index contributed by atoms with van der Waals surface area (Å²) in [4.78, 5) is 15.7. The van der Waals surface area contributed by atoms with Gasteiger partial charge in [-0.05, 0) is 34.9 Å². The molecule has 0 unspecified atom stereocenters.